The van der Waals surface area contributed by atoms with Gasteiger partial charge >= 0.3 is 0 Å². The highest BCUT2D eigenvalue weighted by Gasteiger charge is 2.35. The lowest BCUT2D eigenvalue weighted by Gasteiger charge is -2.36. The molecule has 0 aromatic heterocycles. The van der Waals surface area contributed by atoms with E-state index in [0.29, 0.717) is 0 Å². The van der Waals surface area contributed by atoms with Gasteiger partial charge in [0.15, 0.2) is 0 Å². The van der Waals surface area contributed by atoms with Gasteiger partial charge in [-0.05, 0) is 43.9 Å². The summed E-state index contributed by atoms with van der Waals surface area (Å²) in [7, 11) is 0. The van der Waals surface area contributed by atoms with Crippen LogP contribution in [0.4, 0.5) is 0 Å². The van der Waals surface area contributed by atoms with Gasteiger partial charge in [0.2, 0.25) is 0 Å². The topological polar surface area (TPSA) is 0 Å². The van der Waals surface area contributed by atoms with Gasteiger partial charge in [-0.15, -0.1) is 0 Å². The van der Waals surface area contributed by atoms with Crippen LogP contribution in [0.1, 0.15) is 72.4 Å². The fraction of sp³-hybridized carbons (Fsp3) is 0.357. The number of benzene rings is 3. The first-order valence-electron chi connectivity index (χ1n) is 10.8. The predicted molar refractivity (Wildman–Crippen MR) is 122 cm³/mol. The number of hydrogen-bond acceptors (Lipinski definition) is 0. The van der Waals surface area contributed by atoms with E-state index in [1.807, 2.05) is 0 Å². The van der Waals surface area contributed by atoms with E-state index in [1.165, 1.54) is 59.1 Å². The van der Waals surface area contributed by atoms with Crippen molar-refractivity contribution in [1.29, 1.82) is 0 Å². The summed E-state index contributed by atoms with van der Waals surface area (Å²) in [6.45, 7) is 8.80. The zero-order valence-corrected chi connectivity index (χ0v) is 18.0. The maximum atomic E-state index is 2.34. The maximum Gasteiger partial charge on any atom is 0.0451 e. The lowest BCUT2D eigenvalue weighted by atomic mass is 9.66. The molecule has 0 heteroatoms. The van der Waals surface area contributed by atoms with E-state index in [0.717, 1.165) is 6.42 Å². The van der Waals surface area contributed by atoms with Gasteiger partial charge in [0.1, 0.15) is 0 Å². The fourth-order valence-electron chi connectivity index (χ4n) is 4.26. The highest BCUT2D eigenvalue weighted by Crippen LogP contribution is 2.43. The van der Waals surface area contributed by atoms with Gasteiger partial charge in [0.25, 0.3) is 0 Å². The van der Waals surface area contributed by atoms with Gasteiger partial charge < -0.3 is 0 Å². The van der Waals surface area contributed by atoms with Crippen LogP contribution in [0.5, 0.6) is 0 Å². The first kappa shape index (κ1) is 20.4. The number of rotatable bonds is 8. The molecule has 0 saturated heterocycles. The molecule has 0 atom stereocenters. The Hall–Kier alpha value is -2.34. The second kappa shape index (κ2) is 9.24. The Morgan fingerprint density at radius 3 is 1.18 bits per heavy atom. The zero-order chi connectivity index (χ0) is 20.0. The third-order valence-electron chi connectivity index (χ3n) is 6.04. The number of aryl methyl sites for hydroxylation is 3. The van der Waals surface area contributed by atoms with Gasteiger partial charge in [-0.1, -0.05) is 122 Å². The average molecular weight is 371 g/mol. The second-order valence-electron chi connectivity index (χ2n) is 8.31. The first-order valence-corrected chi connectivity index (χ1v) is 10.8. The molecule has 3 aromatic carbocycles. The summed E-state index contributed by atoms with van der Waals surface area (Å²) in [4.78, 5) is 0. The lowest BCUT2D eigenvalue weighted by Crippen LogP contribution is -2.29. The zero-order valence-electron chi connectivity index (χ0n) is 18.0. The SMILES string of the molecule is CCCCCCC(c1ccc(C)cc1)(c1ccc(C)cc1)c1ccc(C)cc1. The summed E-state index contributed by atoms with van der Waals surface area (Å²) in [6.07, 6.45) is 6.26. The molecule has 0 bridgehead atoms. The van der Waals surface area contributed by atoms with Gasteiger partial charge in [0.05, 0.1) is 0 Å². The smallest absolute Gasteiger partial charge is 0.0451 e. The van der Waals surface area contributed by atoms with Crippen molar-refractivity contribution in [3.05, 3.63) is 106 Å². The summed E-state index contributed by atoms with van der Waals surface area (Å²) in [6, 6.07) is 27.6. The van der Waals surface area contributed by atoms with E-state index >= 15 is 0 Å². The Morgan fingerprint density at radius 2 is 0.857 bits per heavy atom. The number of hydrogen-bond donors (Lipinski definition) is 0. The first-order chi connectivity index (χ1) is 13.6. The van der Waals surface area contributed by atoms with Crippen LogP contribution in [0.25, 0.3) is 0 Å². The molecule has 146 valence electrons. The van der Waals surface area contributed by atoms with Crippen LogP contribution in [0.3, 0.4) is 0 Å². The Balaban J connectivity index is 2.18. The van der Waals surface area contributed by atoms with Crippen LogP contribution in [0, 0.1) is 20.8 Å². The summed E-state index contributed by atoms with van der Waals surface area (Å²) in [5, 5.41) is 0. The van der Waals surface area contributed by atoms with Crippen LogP contribution in [0.15, 0.2) is 72.8 Å². The summed E-state index contributed by atoms with van der Waals surface area (Å²) >= 11 is 0. The van der Waals surface area contributed by atoms with Gasteiger partial charge in [-0.2, -0.15) is 0 Å². The van der Waals surface area contributed by atoms with Crippen LogP contribution >= 0.6 is 0 Å². The van der Waals surface area contributed by atoms with Crippen molar-refractivity contribution in [3.63, 3.8) is 0 Å². The van der Waals surface area contributed by atoms with Crippen molar-refractivity contribution < 1.29 is 0 Å². The fourth-order valence-corrected chi connectivity index (χ4v) is 4.26. The standard InChI is InChI=1S/C28H34/c1-5-6-7-8-21-28(25-15-9-22(2)10-16-25,26-17-11-23(3)12-18-26)27-19-13-24(4)14-20-27/h9-20H,5-8,21H2,1-4H3. The molecule has 0 nitrogen and oxygen atoms in total. The molecule has 0 saturated carbocycles. The molecule has 3 aromatic rings. The Morgan fingerprint density at radius 1 is 0.500 bits per heavy atom. The summed E-state index contributed by atoms with van der Waals surface area (Å²) < 4.78 is 0. The molecule has 0 radical (unpaired) electrons. The Kier molecular flexibility index (Phi) is 6.73. The minimum absolute atomic E-state index is 0.0944. The largest absolute Gasteiger partial charge is 0.0654 e. The van der Waals surface area contributed by atoms with E-state index < -0.39 is 0 Å². The second-order valence-corrected chi connectivity index (χ2v) is 8.31. The van der Waals surface area contributed by atoms with Crippen molar-refractivity contribution in [3.8, 4) is 0 Å². The minimum Gasteiger partial charge on any atom is -0.0654 e. The van der Waals surface area contributed by atoms with Crippen molar-refractivity contribution in [1.82, 2.24) is 0 Å². The molecular weight excluding hydrogens is 336 g/mol. The molecule has 0 aliphatic heterocycles. The van der Waals surface area contributed by atoms with Crippen LogP contribution in [0.2, 0.25) is 0 Å². The highest BCUT2D eigenvalue weighted by atomic mass is 14.4. The molecule has 3 rings (SSSR count). The normalized spacial score (nSPS) is 11.6. The third-order valence-corrected chi connectivity index (χ3v) is 6.04. The highest BCUT2D eigenvalue weighted by molar-refractivity contribution is 5.51. The molecule has 0 amide bonds. The van der Waals surface area contributed by atoms with E-state index in [-0.39, 0.29) is 5.41 Å². The predicted octanol–water partition coefficient (Wildman–Crippen LogP) is 7.92. The molecular formula is C28H34. The molecule has 0 aliphatic rings. The van der Waals surface area contributed by atoms with Crippen molar-refractivity contribution >= 4 is 0 Å². The summed E-state index contributed by atoms with van der Waals surface area (Å²) in [5.41, 5.74) is 8.07. The van der Waals surface area contributed by atoms with Crippen LogP contribution in [-0.2, 0) is 5.41 Å². The average Bonchev–Trinajstić information content (AvgIpc) is 2.71. The summed E-state index contributed by atoms with van der Waals surface area (Å²) in [5.74, 6) is 0. The third kappa shape index (κ3) is 4.38. The molecule has 0 fully saturated rings. The Bertz CT molecular complexity index is 740. The minimum atomic E-state index is -0.0944. The van der Waals surface area contributed by atoms with Gasteiger partial charge in [-0.3, -0.25) is 0 Å². The van der Waals surface area contributed by atoms with Gasteiger partial charge in [-0.25, -0.2) is 0 Å². The van der Waals surface area contributed by atoms with Crippen molar-refractivity contribution in [2.45, 2.75) is 65.2 Å². The molecule has 0 N–H and O–H groups in total. The number of unbranched alkanes of at least 4 members (excludes halogenated alkanes) is 3. The molecule has 0 heterocycles. The van der Waals surface area contributed by atoms with Crippen molar-refractivity contribution in [2.75, 3.05) is 0 Å². The maximum absolute atomic E-state index is 2.34. The van der Waals surface area contributed by atoms with E-state index in [2.05, 4.69) is 100 Å². The van der Waals surface area contributed by atoms with Gasteiger partial charge in [0, 0.05) is 5.41 Å². The van der Waals surface area contributed by atoms with E-state index in [4.69, 9.17) is 0 Å². The van der Waals surface area contributed by atoms with Crippen LogP contribution < -0.4 is 0 Å². The molecule has 0 aliphatic carbocycles. The van der Waals surface area contributed by atoms with Crippen LogP contribution in [-0.4, -0.2) is 0 Å². The van der Waals surface area contributed by atoms with E-state index in [9.17, 15) is 0 Å². The molecule has 0 unspecified atom stereocenters. The molecule has 28 heavy (non-hydrogen) atoms. The Labute approximate surface area is 171 Å². The van der Waals surface area contributed by atoms with Crippen molar-refractivity contribution in [2.24, 2.45) is 0 Å². The quantitative estimate of drug-likeness (QED) is 0.279. The monoisotopic (exact) mass is 370 g/mol. The molecule has 0 spiro atoms. The van der Waals surface area contributed by atoms with E-state index in [1.54, 1.807) is 0 Å². The lowest BCUT2D eigenvalue weighted by molar-refractivity contribution is 0.507.